The maximum absolute atomic E-state index is 8.90. The van der Waals surface area contributed by atoms with Crippen molar-refractivity contribution in [2.75, 3.05) is 6.61 Å². The lowest BCUT2D eigenvalue weighted by Gasteiger charge is -2.18. The van der Waals surface area contributed by atoms with Gasteiger partial charge in [0.1, 0.15) is 0 Å². The van der Waals surface area contributed by atoms with Gasteiger partial charge in [-0.05, 0) is 17.5 Å². The van der Waals surface area contributed by atoms with Crippen LogP contribution < -0.4 is 11.5 Å². The minimum atomic E-state index is -0.387. The molecule has 0 aliphatic carbocycles. The Kier molecular flexibility index (Phi) is 4.75. The Morgan fingerprint density at radius 1 is 1.20 bits per heavy atom. The summed E-state index contributed by atoms with van der Waals surface area (Å²) in [6.45, 7) is 2.07. The predicted octanol–water partition coefficient (Wildman–Crippen LogP) is 0.958. The van der Waals surface area contributed by atoms with Crippen LogP contribution in [0.5, 0.6) is 0 Å². The SMILES string of the molecule is CCCc1ccc(C(N)C(N)CO)cc1. The lowest BCUT2D eigenvalue weighted by molar-refractivity contribution is 0.250. The van der Waals surface area contributed by atoms with E-state index in [9.17, 15) is 0 Å². The monoisotopic (exact) mass is 208 g/mol. The fourth-order valence-electron chi connectivity index (χ4n) is 1.56. The van der Waals surface area contributed by atoms with Gasteiger partial charge in [0.2, 0.25) is 0 Å². The average molecular weight is 208 g/mol. The molecule has 5 N–H and O–H groups in total. The van der Waals surface area contributed by atoms with E-state index in [4.69, 9.17) is 16.6 Å². The Morgan fingerprint density at radius 3 is 2.27 bits per heavy atom. The number of aliphatic hydroxyl groups is 1. The van der Waals surface area contributed by atoms with Crippen molar-refractivity contribution in [2.45, 2.75) is 31.8 Å². The minimum absolute atomic E-state index is 0.0854. The molecule has 0 fully saturated rings. The second kappa shape index (κ2) is 5.85. The van der Waals surface area contributed by atoms with Crippen LogP contribution in [0.2, 0.25) is 0 Å². The van der Waals surface area contributed by atoms with Crippen molar-refractivity contribution < 1.29 is 5.11 Å². The molecule has 1 rings (SSSR count). The highest BCUT2D eigenvalue weighted by Gasteiger charge is 2.13. The first kappa shape index (κ1) is 12.2. The van der Waals surface area contributed by atoms with Crippen LogP contribution in [0.3, 0.4) is 0 Å². The summed E-state index contributed by atoms with van der Waals surface area (Å²) in [6, 6.07) is 7.45. The lowest BCUT2D eigenvalue weighted by atomic mass is 9.99. The van der Waals surface area contributed by atoms with Crippen LogP contribution in [0.4, 0.5) is 0 Å². The molecule has 0 saturated carbocycles. The molecule has 0 spiro atoms. The Labute approximate surface area is 91.1 Å². The van der Waals surface area contributed by atoms with Crippen molar-refractivity contribution in [3.8, 4) is 0 Å². The third kappa shape index (κ3) is 3.30. The number of aliphatic hydroxyl groups excluding tert-OH is 1. The molecule has 0 amide bonds. The first-order valence-electron chi connectivity index (χ1n) is 5.40. The molecular weight excluding hydrogens is 188 g/mol. The number of nitrogens with two attached hydrogens (primary N) is 2. The van der Waals surface area contributed by atoms with Crippen LogP contribution in [0.1, 0.15) is 30.5 Å². The summed E-state index contributed by atoms with van der Waals surface area (Å²) in [6.07, 6.45) is 2.23. The van der Waals surface area contributed by atoms with Gasteiger partial charge in [-0.25, -0.2) is 0 Å². The van der Waals surface area contributed by atoms with Gasteiger partial charge in [-0.15, -0.1) is 0 Å². The van der Waals surface area contributed by atoms with Crippen LogP contribution in [-0.4, -0.2) is 17.8 Å². The maximum Gasteiger partial charge on any atom is 0.0601 e. The van der Waals surface area contributed by atoms with Crippen LogP contribution in [0, 0.1) is 0 Å². The molecule has 0 radical (unpaired) electrons. The van der Waals surface area contributed by atoms with Gasteiger partial charge in [-0.2, -0.15) is 0 Å². The zero-order valence-corrected chi connectivity index (χ0v) is 9.19. The predicted molar refractivity (Wildman–Crippen MR) is 62.4 cm³/mol. The molecule has 15 heavy (non-hydrogen) atoms. The third-order valence-corrected chi connectivity index (χ3v) is 2.58. The van der Waals surface area contributed by atoms with Gasteiger partial charge in [-0.1, -0.05) is 37.6 Å². The normalized spacial score (nSPS) is 14.9. The average Bonchev–Trinajstić information content (AvgIpc) is 2.28. The standard InChI is InChI=1S/C12H20N2O/c1-2-3-9-4-6-10(7-5-9)12(14)11(13)8-15/h4-7,11-12,15H,2-3,8,13-14H2,1H3. The minimum Gasteiger partial charge on any atom is -0.395 e. The van der Waals surface area contributed by atoms with Gasteiger partial charge in [0.25, 0.3) is 0 Å². The van der Waals surface area contributed by atoms with E-state index in [0.29, 0.717) is 0 Å². The highest BCUT2D eigenvalue weighted by atomic mass is 16.3. The van der Waals surface area contributed by atoms with E-state index in [1.165, 1.54) is 5.56 Å². The Bertz CT molecular complexity index is 284. The number of rotatable bonds is 5. The number of hydrogen-bond acceptors (Lipinski definition) is 3. The molecule has 2 unspecified atom stereocenters. The van der Waals surface area contributed by atoms with Crippen molar-refractivity contribution >= 4 is 0 Å². The topological polar surface area (TPSA) is 72.3 Å². The second-order valence-corrected chi connectivity index (χ2v) is 3.86. The number of aryl methyl sites for hydroxylation is 1. The van der Waals surface area contributed by atoms with Crippen LogP contribution in [-0.2, 0) is 6.42 Å². The van der Waals surface area contributed by atoms with Crippen molar-refractivity contribution in [2.24, 2.45) is 11.5 Å². The molecule has 1 aromatic rings. The summed E-state index contributed by atoms with van der Waals surface area (Å²) in [5.41, 5.74) is 13.9. The molecule has 0 saturated heterocycles. The molecule has 0 aliphatic heterocycles. The number of hydrogen-bond donors (Lipinski definition) is 3. The highest BCUT2D eigenvalue weighted by molar-refractivity contribution is 5.25. The van der Waals surface area contributed by atoms with E-state index < -0.39 is 0 Å². The Hall–Kier alpha value is -0.900. The zero-order valence-electron chi connectivity index (χ0n) is 9.19. The lowest BCUT2D eigenvalue weighted by Crippen LogP contribution is -2.37. The van der Waals surface area contributed by atoms with Gasteiger partial charge in [0.05, 0.1) is 6.61 Å². The summed E-state index contributed by atoms with van der Waals surface area (Å²) in [7, 11) is 0. The maximum atomic E-state index is 8.90. The first-order valence-corrected chi connectivity index (χ1v) is 5.40. The van der Waals surface area contributed by atoms with Gasteiger partial charge in [0.15, 0.2) is 0 Å². The van der Waals surface area contributed by atoms with Crippen molar-refractivity contribution in [3.05, 3.63) is 35.4 Å². The van der Waals surface area contributed by atoms with E-state index in [2.05, 4.69) is 19.1 Å². The molecule has 3 heteroatoms. The molecule has 84 valence electrons. The Morgan fingerprint density at radius 2 is 1.80 bits per heavy atom. The number of benzene rings is 1. The molecule has 0 bridgehead atoms. The van der Waals surface area contributed by atoms with Crippen molar-refractivity contribution in [1.82, 2.24) is 0 Å². The van der Waals surface area contributed by atoms with E-state index in [1.54, 1.807) is 0 Å². The largest absolute Gasteiger partial charge is 0.395 e. The van der Waals surface area contributed by atoms with E-state index in [-0.39, 0.29) is 18.7 Å². The fraction of sp³-hybridized carbons (Fsp3) is 0.500. The molecule has 0 aliphatic rings. The van der Waals surface area contributed by atoms with Gasteiger partial charge >= 0.3 is 0 Å². The molecule has 0 heterocycles. The van der Waals surface area contributed by atoms with E-state index >= 15 is 0 Å². The summed E-state index contributed by atoms with van der Waals surface area (Å²) in [5, 5.41) is 8.90. The highest BCUT2D eigenvalue weighted by Crippen LogP contribution is 2.14. The van der Waals surface area contributed by atoms with Gasteiger partial charge in [-0.3, -0.25) is 0 Å². The van der Waals surface area contributed by atoms with Crippen molar-refractivity contribution in [1.29, 1.82) is 0 Å². The molecule has 2 atom stereocenters. The van der Waals surface area contributed by atoms with Gasteiger partial charge in [0, 0.05) is 12.1 Å². The molecule has 1 aromatic carbocycles. The zero-order chi connectivity index (χ0) is 11.3. The van der Waals surface area contributed by atoms with Gasteiger partial charge < -0.3 is 16.6 Å². The molecule has 0 aromatic heterocycles. The van der Waals surface area contributed by atoms with Crippen molar-refractivity contribution in [3.63, 3.8) is 0 Å². The quantitative estimate of drug-likeness (QED) is 0.675. The Balaban J connectivity index is 2.70. The van der Waals surface area contributed by atoms with Crippen LogP contribution in [0.25, 0.3) is 0 Å². The van der Waals surface area contributed by atoms with E-state index in [1.807, 2.05) is 12.1 Å². The third-order valence-electron chi connectivity index (χ3n) is 2.58. The summed E-state index contributed by atoms with van der Waals surface area (Å²) >= 11 is 0. The summed E-state index contributed by atoms with van der Waals surface area (Å²) < 4.78 is 0. The van der Waals surface area contributed by atoms with E-state index in [0.717, 1.165) is 18.4 Å². The molecule has 3 nitrogen and oxygen atoms in total. The summed E-state index contributed by atoms with van der Waals surface area (Å²) in [5.74, 6) is 0. The van der Waals surface area contributed by atoms with Crippen LogP contribution in [0.15, 0.2) is 24.3 Å². The fourth-order valence-corrected chi connectivity index (χ4v) is 1.56. The second-order valence-electron chi connectivity index (χ2n) is 3.86. The van der Waals surface area contributed by atoms with Crippen LogP contribution >= 0.6 is 0 Å². The molecular formula is C12H20N2O. The first-order chi connectivity index (χ1) is 7.19. The smallest absolute Gasteiger partial charge is 0.0601 e. The summed E-state index contributed by atoms with van der Waals surface area (Å²) in [4.78, 5) is 0.